The van der Waals surface area contributed by atoms with Crippen LogP contribution in [0.4, 0.5) is 0 Å². The number of pyridine rings is 1. The van der Waals surface area contributed by atoms with Crippen LogP contribution in [0.5, 0.6) is 5.75 Å². The number of allylic oxidation sites excluding steroid dienone is 1. The van der Waals surface area contributed by atoms with Crippen molar-refractivity contribution in [2.75, 3.05) is 6.61 Å². The number of rotatable bonds is 4. The third-order valence-corrected chi connectivity index (χ3v) is 4.83. The number of dihydropyridines is 1. The maximum absolute atomic E-state index is 12.8. The molecule has 26 heavy (non-hydrogen) atoms. The Morgan fingerprint density at radius 3 is 2.81 bits per heavy atom. The largest absolute Gasteiger partial charge is 0.490 e. The first kappa shape index (κ1) is 16.8. The molecule has 3 aromatic rings. The summed E-state index contributed by atoms with van der Waals surface area (Å²) >= 11 is 3.51. The molecule has 0 fully saturated rings. The highest BCUT2D eigenvalue weighted by Crippen LogP contribution is 2.34. The zero-order chi connectivity index (χ0) is 17.9. The Kier molecular flexibility index (Phi) is 4.71. The van der Waals surface area contributed by atoms with Gasteiger partial charge >= 0.3 is 0 Å². The first-order valence-electron chi connectivity index (χ1n) is 8.44. The van der Waals surface area contributed by atoms with E-state index in [1.165, 1.54) is 0 Å². The van der Waals surface area contributed by atoms with Gasteiger partial charge in [-0.25, -0.2) is 0 Å². The number of nitrogens with one attached hydrogen (secondary N) is 1. The van der Waals surface area contributed by atoms with Gasteiger partial charge < -0.3 is 9.72 Å². The highest BCUT2D eigenvalue weighted by atomic mass is 79.9. The Balaban J connectivity index is 1.85. The minimum Gasteiger partial charge on any atom is -0.490 e. The van der Waals surface area contributed by atoms with Gasteiger partial charge in [0.25, 0.3) is 5.56 Å². The number of fused-ring (bicyclic) bond motifs is 1. The van der Waals surface area contributed by atoms with Gasteiger partial charge in [-0.2, -0.15) is 0 Å². The summed E-state index contributed by atoms with van der Waals surface area (Å²) in [6.45, 7) is 0.422. The molecule has 130 valence electrons. The predicted octanol–water partition coefficient (Wildman–Crippen LogP) is 4.74. The minimum atomic E-state index is -0.159. The number of ether oxygens (including phenoxy) is 1. The van der Waals surface area contributed by atoms with E-state index in [2.05, 4.69) is 32.0 Å². The average molecular weight is 409 g/mol. The number of hydrogen-bond acceptors (Lipinski definition) is 3. The second-order valence-corrected chi connectivity index (χ2v) is 7.06. The van der Waals surface area contributed by atoms with Gasteiger partial charge in [-0.3, -0.25) is 9.79 Å². The third kappa shape index (κ3) is 3.35. The van der Waals surface area contributed by atoms with Crippen LogP contribution in [0.2, 0.25) is 0 Å². The fourth-order valence-electron chi connectivity index (χ4n) is 3.07. The van der Waals surface area contributed by atoms with E-state index in [9.17, 15) is 4.79 Å². The van der Waals surface area contributed by atoms with Gasteiger partial charge in [-0.1, -0.05) is 52.3 Å². The lowest BCUT2D eigenvalue weighted by atomic mass is 10.0. The maximum Gasteiger partial charge on any atom is 0.260 e. The molecule has 0 saturated carbocycles. The zero-order valence-corrected chi connectivity index (χ0v) is 15.6. The van der Waals surface area contributed by atoms with Crippen molar-refractivity contribution in [3.8, 4) is 16.9 Å². The molecular formula is C21H17BrN2O2. The SMILES string of the molecule is O=c1[nH]c2ccc(Br)cc2c(OCC2CC=CC=N2)c1-c1ccccc1. The zero-order valence-electron chi connectivity index (χ0n) is 14.0. The molecule has 0 aliphatic carbocycles. The molecule has 1 atom stereocenters. The Bertz CT molecular complexity index is 1050. The van der Waals surface area contributed by atoms with Crippen LogP contribution >= 0.6 is 15.9 Å². The molecule has 4 rings (SSSR count). The van der Waals surface area contributed by atoms with Crippen molar-refractivity contribution in [1.29, 1.82) is 0 Å². The summed E-state index contributed by atoms with van der Waals surface area (Å²) < 4.78 is 7.12. The number of hydrogen-bond donors (Lipinski definition) is 1. The molecule has 5 heteroatoms. The Morgan fingerprint density at radius 1 is 1.19 bits per heavy atom. The summed E-state index contributed by atoms with van der Waals surface area (Å²) in [7, 11) is 0. The van der Waals surface area contributed by atoms with Crippen LogP contribution in [0.1, 0.15) is 6.42 Å². The lowest BCUT2D eigenvalue weighted by Crippen LogP contribution is -2.19. The second-order valence-electron chi connectivity index (χ2n) is 6.14. The van der Waals surface area contributed by atoms with Gasteiger partial charge in [0.1, 0.15) is 12.4 Å². The lowest BCUT2D eigenvalue weighted by molar-refractivity contribution is 0.293. The predicted molar refractivity (Wildman–Crippen MR) is 109 cm³/mol. The number of halogens is 1. The number of benzene rings is 2. The van der Waals surface area contributed by atoms with Crippen LogP contribution in [-0.2, 0) is 0 Å². The van der Waals surface area contributed by atoms with E-state index in [4.69, 9.17) is 4.74 Å². The maximum atomic E-state index is 12.8. The number of H-pyrrole nitrogens is 1. The Morgan fingerprint density at radius 2 is 2.04 bits per heavy atom. The molecule has 0 bridgehead atoms. The standard InChI is InChI=1S/C21H17BrN2O2/c22-15-9-10-18-17(12-15)20(26-13-16-8-4-5-11-23-16)19(21(25)24-18)14-6-2-1-3-7-14/h1-7,9-12,16H,8,13H2,(H,24,25). The van der Waals surface area contributed by atoms with Crippen molar-refractivity contribution in [3.05, 3.63) is 75.5 Å². The number of aromatic amines is 1. The van der Waals surface area contributed by atoms with Crippen LogP contribution in [0.15, 0.2) is 74.9 Å². The summed E-state index contributed by atoms with van der Waals surface area (Å²) in [5.41, 5.74) is 1.97. The fourth-order valence-corrected chi connectivity index (χ4v) is 3.43. The number of aliphatic imine (C=N–C) groups is 1. The highest BCUT2D eigenvalue weighted by molar-refractivity contribution is 9.10. The highest BCUT2D eigenvalue weighted by Gasteiger charge is 2.18. The van der Waals surface area contributed by atoms with E-state index in [1.807, 2.05) is 54.6 Å². The summed E-state index contributed by atoms with van der Waals surface area (Å²) in [4.78, 5) is 20.2. The Labute approximate surface area is 159 Å². The average Bonchev–Trinajstić information content (AvgIpc) is 2.68. The van der Waals surface area contributed by atoms with Crippen molar-refractivity contribution in [2.45, 2.75) is 12.5 Å². The minimum absolute atomic E-state index is 0.0603. The molecule has 1 aromatic heterocycles. The summed E-state index contributed by atoms with van der Waals surface area (Å²) in [6, 6.07) is 15.4. The van der Waals surface area contributed by atoms with E-state index in [0.29, 0.717) is 17.9 Å². The molecule has 1 aliphatic heterocycles. The summed E-state index contributed by atoms with van der Waals surface area (Å²) in [5, 5.41) is 0.869. The Hall–Kier alpha value is -2.66. The van der Waals surface area contributed by atoms with Crippen LogP contribution in [-0.4, -0.2) is 23.8 Å². The fraction of sp³-hybridized carbons (Fsp3) is 0.143. The summed E-state index contributed by atoms with van der Waals surface area (Å²) in [6.07, 6.45) is 6.64. The number of nitrogens with zero attached hydrogens (tertiary/aromatic N) is 1. The molecule has 2 heterocycles. The molecule has 0 amide bonds. The van der Waals surface area contributed by atoms with Gasteiger partial charge in [0.2, 0.25) is 0 Å². The van der Waals surface area contributed by atoms with Crippen molar-refractivity contribution < 1.29 is 4.74 Å². The van der Waals surface area contributed by atoms with E-state index in [0.717, 1.165) is 27.4 Å². The normalized spacial score (nSPS) is 16.1. The molecule has 1 aliphatic rings. The number of aromatic nitrogens is 1. The molecule has 2 aromatic carbocycles. The first-order chi connectivity index (χ1) is 12.7. The van der Waals surface area contributed by atoms with Gasteiger partial charge in [-0.05, 0) is 36.3 Å². The van der Waals surface area contributed by atoms with Crippen LogP contribution in [0, 0.1) is 0 Å². The van der Waals surface area contributed by atoms with E-state index >= 15 is 0 Å². The van der Waals surface area contributed by atoms with E-state index < -0.39 is 0 Å². The molecule has 4 nitrogen and oxygen atoms in total. The monoisotopic (exact) mass is 408 g/mol. The van der Waals surface area contributed by atoms with E-state index in [-0.39, 0.29) is 11.6 Å². The molecule has 0 spiro atoms. The topological polar surface area (TPSA) is 54.5 Å². The van der Waals surface area contributed by atoms with Crippen molar-refractivity contribution in [3.63, 3.8) is 0 Å². The van der Waals surface area contributed by atoms with Crippen molar-refractivity contribution in [1.82, 2.24) is 4.98 Å². The smallest absolute Gasteiger partial charge is 0.260 e. The molecule has 0 radical (unpaired) electrons. The lowest BCUT2D eigenvalue weighted by Gasteiger charge is -2.18. The van der Waals surface area contributed by atoms with E-state index in [1.54, 1.807) is 6.21 Å². The van der Waals surface area contributed by atoms with Gasteiger partial charge in [0, 0.05) is 16.1 Å². The van der Waals surface area contributed by atoms with Crippen LogP contribution in [0.3, 0.4) is 0 Å². The molecule has 0 saturated heterocycles. The van der Waals surface area contributed by atoms with Gasteiger partial charge in [0.15, 0.2) is 0 Å². The first-order valence-corrected chi connectivity index (χ1v) is 9.24. The molecule has 1 N–H and O–H groups in total. The third-order valence-electron chi connectivity index (χ3n) is 4.34. The van der Waals surface area contributed by atoms with Gasteiger partial charge in [-0.15, -0.1) is 0 Å². The van der Waals surface area contributed by atoms with Crippen LogP contribution in [0.25, 0.3) is 22.0 Å². The molecular weight excluding hydrogens is 392 g/mol. The van der Waals surface area contributed by atoms with Gasteiger partial charge in [0.05, 0.1) is 17.1 Å². The van der Waals surface area contributed by atoms with Crippen molar-refractivity contribution in [2.24, 2.45) is 4.99 Å². The van der Waals surface area contributed by atoms with Crippen LogP contribution < -0.4 is 10.3 Å². The summed E-state index contributed by atoms with van der Waals surface area (Å²) in [5.74, 6) is 0.598. The molecule has 1 unspecified atom stereocenters. The van der Waals surface area contributed by atoms with Crippen molar-refractivity contribution >= 4 is 33.0 Å². The second kappa shape index (κ2) is 7.30. The quantitative estimate of drug-likeness (QED) is 0.677.